The maximum Gasteiger partial charge on any atom is 0.150 e. The largest absolute Gasteiger partial charge is 0.394 e. The van der Waals surface area contributed by atoms with Gasteiger partial charge in [-0.15, -0.1) is 0 Å². The highest BCUT2D eigenvalue weighted by atomic mass is 19.1. The lowest BCUT2D eigenvalue weighted by Crippen LogP contribution is -2.04. The minimum absolute atomic E-state index is 0.282. The summed E-state index contributed by atoms with van der Waals surface area (Å²) in [5, 5.41) is 2.79. The van der Waals surface area contributed by atoms with E-state index in [1.165, 1.54) is 0 Å². The van der Waals surface area contributed by atoms with Crippen molar-refractivity contribution in [1.82, 2.24) is 5.32 Å². The van der Waals surface area contributed by atoms with Crippen molar-refractivity contribution in [1.29, 1.82) is 0 Å². The summed E-state index contributed by atoms with van der Waals surface area (Å²) in [6, 6.07) is 2.22. The van der Waals surface area contributed by atoms with Crippen molar-refractivity contribution in [3.63, 3.8) is 0 Å². The molecule has 74 valence electrons. The first-order chi connectivity index (χ1) is 6.65. The fourth-order valence-corrected chi connectivity index (χ4v) is 0.891. The predicted octanol–water partition coefficient (Wildman–Crippen LogP) is 1.12. The fraction of sp³-hybridized carbons (Fsp3) is 0.200. The van der Waals surface area contributed by atoms with E-state index in [4.69, 9.17) is 5.73 Å². The van der Waals surface area contributed by atoms with E-state index in [1.54, 1.807) is 7.05 Å². The van der Waals surface area contributed by atoms with E-state index in [0.29, 0.717) is 6.54 Å². The van der Waals surface area contributed by atoms with Crippen LogP contribution in [0.2, 0.25) is 0 Å². The molecule has 0 heterocycles. The normalized spacial score (nSPS) is 9.36. The molecule has 0 bridgehead atoms. The Labute approximate surface area is 81.1 Å². The summed E-state index contributed by atoms with van der Waals surface area (Å²) in [5.41, 5.74) is 4.91. The molecule has 0 spiro atoms. The molecule has 0 aliphatic carbocycles. The molecule has 0 aromatic heterocycles. The number of nitrogens with two attached hydrogens (primary N) is 1. The maximum atomic E-state index is 12.9. The molecule has 0 saturated carbocycles. The Morgan fingerprint density at radius 3 is 2.43 bits per heavy atom. The van der Waals surface area contributed by atoms with Gasteiger partial charge in [0.15, 0.2) is 0 Å². The molecule has 3 N–H and O–H groups in total. The first kappa shape index (κ1) is 10.5. The number of nitrogens with one attached hydrogen (secondary N) is 1. The number of benzene rings is 1. The Hall–Kier alpha value is -1.60. The molecule has 0 atom stereocenters. The summed E-state index contributed by atoms with van der Waals surface area (Å²) in [5.74, 6) is 3.74. The highest BCUT2D eigenvalue weighted by Crippen LogP contribution is 2.16. The van der Waals surface area contributed by atoms with Crippen LogP contribution in [-0.4, -0.2) is 13.6 Å². The number of nitrogen functional groups attached to an aromatic ring is 1. The third-order valence-corrected chi connectivity index (χ3v) is 1.58. The quantitative estimate of drug-likeness (QED) is 0.521. The molecule has 4 heteroatoms. The third-order valence-electron chi connectivity index (χ3n) is 1.58. The van der Waals surface area contributed by atoms with Crippen molar-refractivity contribution in [2.45, 2.75) is 0 Å². The lowest BCUT2D eigenvalue weighted by Gasteiger charge is -1.98. The van der Waals surface area contributed by atoms with Crippen molar-refractivity contribution in [2.75, 3.05) is 19.3 Å². The van der Waals surface area contributed by atoms with Crippen LogP contribution in [0.15, 0.2) is 12.1 Å². The second kappa shape index (κ2) is 4.58. The molecule has 0 aliphatic heterocycles. The number of rotatable bonds is 1. The first-order valence-electron chi connectivity index (χ1n) is 4.03. The van der Waals surface area contributed by atoms with E-state index < -0.39 is 17.3 Å². The molecule has 14 heavy (non-hydrogen) atoms. The molecule has 2 nitrogen and oxygen atoms in total. The molecule has 0 aliphatic rings. The van der Waals surface area contributed by atoms with Crippen molar-refractivity contribution >= 4 is 5.69 Å². The Kier molecular flexibility index (Phi) is 3.43. The van der Waals surface area contributed by atoms with Crippen LogP contribution in [0, 0.1) is 23.5 Å². The lowest BCUT2D eigenvalue weighted by atomic mass is 10.2. The van der Waals surface area contributed by atoms with Crippen LogP contribution in [0.1, 0.15) is 5.56 Å². The van der Waals surface area contributed by atoms with Gasteiger partial charge >= 0.3 is 0 Å². The zero-order valence-electron chi connectivity index (χ0n) is 7.70. The molecule has 0 radical (unpaired) electrons. The molecular formula is C10H10F2N2. The van der Waals surface area contributed by atoms with Gasteiger partial charge in [0.25, 0.3) is 0 Å². The predicted molar refractivity (Wildman–Crippen MR) is 51.6 cm³/mol. The van der Waals surface area contributed by atoms with E-state index in [0.717, 1.165) is 12.1 Å². The van der Waals surface area contributed by atoms with Gasteiger partial charge in [-0.2, -0.15) is 0 Å². The van der Waals surface area contributed by atoms with Gasteiger partial charge in [-0.05, 0) is 19.2 Å². The topological polar surface area (TPSA) is 38.0 Å². The minimum Gasteiger partial charge on any atom is -0.394 e. The zero-order valence-corrected chi connectivity index (χ0v) is 7.70. The van der Waals surface area contributed by atoms with Crippen molar-refractivity contribution in [3.05, 3.63) is 29.3 Å². The summed E-state index contributed by atoms with van der Waals surface area (Å²) in [4.78, 5) is 0. The molecule has 1 aromatic rings. The first-order valence-corrected chi connectivity index (χ1v) is 4.03. The summed E-state index contributed by atoms with van der Waals surface area (Å²) < 4.78 is 25.8. The van der Waals surface area contributed by atoms with Crippen LogP contribution in [0.5, 0.6) is 0 Å². The van der Waals surface area contributed by atoms with Crippen LogP contribution < -0.4 is 11.1 Å². The second-order valence-electron chi connectivity index (χ2n) is 2.69. The highest BCUT2D eigenvalue weighted by molar-refractivity contribution is 5.47. The van der Waals surface area contributed by atoms with Gasteiger partial charge in [0.05, 0.1) is 6.54 Å². The Bertz CT molecular complexity index is 368. The Morgan fingerprint density at radius 1 is 1.36 bits per heavy atom. The van der Waals surface area contributed by atoms with Crippen LogP contribution in [0.25, 0.3) is 0 Å². The molecular weight excluding hydrogens is 186 g/mol. The number of anilines is 1. The van der Waals surface area contributed by atoms with E-state index in [9.17, 15) is 8.78 Å². The van der Waals surface area contributed by atoms with Gasteiger partial charge < -0.3 is 11.1 Å². The summed E-state index contributed by atoms with van der Waals surface area (Å²) in [7, 11) is 1.73. The standard InChI is InChI=1S/C10H10F2N2/c1-14-4-2-3-7-5-8(11)10(13)9(12)6-7/h5-6,14H,4,13H2,1H3. The molecule has 0 unspecified atom stereocenters. The van der Waals surface area contributed by atoms with Crippen LogP contribution in [-0.2, 0) is 0 Å². The summed E-state index contributed by atoms with van der Waals surface area (Å²) in [6.07, 6.45) is 0. The lowest BCUT2D eigenvalue weighted by molar-refractivity contribution is 0.591. The molecule has 1 rings (SSSR count). The molecule has 0 fully saturated rings. The SMILES string of the molecule is CNCC#Cc1cc(F)c(N)c(F)c1. The third kappa shape index (κ3) is 2.44. The van der Waals surface area contributed by atoms with Crippen LogP contribution in [0.4, 0.5) is 14.5 Å². The highest BCUT2D eigenvalue weighted by Gasteiger charge is 2.05. The smallest absolute Gasteiger partial charge is 0.150 e. The van der Waals surface area contributed by atoms with Crippen molar-refractivity contribution < 1.29 is 8.78 Å². The van der Waals surface area contributed by atoms with Crippen molar-refractivity contribution in [2.24, 2.45) is 0 Å². The zero-order chi connectivity index (χ0) is 10.6. The molecule has 1 aromatic carbocycles. The van der Waals surface area contributed by atoms with Gasteiger partial charge in [0.1, 0.15) is 17.3 Å². The number of halogens is 2. The fourth-order valence-electron chi connectivity index (χ4n) is 0.891. The van der Waals surface area contributed by atoms with Gasteiger partial charge in [0.2, 0.25) is 0 Å². The van der Waals surface area contributed by atoms with Gasteiger partial charge in [-0.1, -0.05) is 11.8 Å². The summed E-state index contributed by atoms with van der Waals surface area (Å²) >= 11 is 0. The Balaban J connectivity index is 2.97. The monoisotopic (exact) mass is 196 g/mol. The van der Waals surface area contributed by atoms with Gasteiger partial charge in [-0.25, -0.2) is 8.78 Å². The average Bonchev–Trinajstić information content (AvgIpc) is 2.14. The van der Waals surface area contributed by atoms with E-state index >= 15 is 0 Å². The van der Waals surface area contributed by atoms with E-state index in [2.05, 4.69) is 17.2 Å². The van der Waals surface area contributed by atoms with E-state index in [-0.39, 0.29) is 5.56 Å². The number of hydrogen-bond acceptors (Lipinski definition) is 2. The number of hydrogen-bond donors (Lipinski definition) is 2. The minimum atomic E-state index is -0.779. The molecule has 0 amide bonds. The van der Waals surface area contributed by atoms with Crippen LogP contribution >= 0.6 is 0 Å². The van der Waals surface area contributed by atoms with Gasteiger partial charge in [-0.3, -0.25) is 0 Å². The summed E-state index contributed by atoms with van der Waals surface area (Å²) in [6.45, 7) is 0.466. The van der Waals surface area contributed by atoms with E-state index in [1.807, 2.05) is 0 Å². The maximum absolute atomic E-state index is 12.9. The average molecular weight is 196 g/mol. The molecule has 0 saturated heterocycles. The van der Waals surface area contributed by atoms with Gasteiger partial charge in [0, 0.05) is 5.56 Å². The second-order valence-corrected chi connectivity index (χ2v) is 2.69. The van der Waals surface area contributed by atoms with Crippen molar-refractivity contribution in [3.8, 4) is 11.8 Å². The van der Waals surface area contributed by atoms with Crippen LogP contribution in [0.3, 0.4) is 0 Å². The Morgan fingerprint density at radius 2 is 1.93 bits per heavy atom.